The van der Waals surface area contributed by atoms with Crippen molar-refractivity contribution < 1.29 is 8.78 Å². The van der Waals surface area contributed by atoms with E-state index in [0.717, 1.165) is 11.3 Å². The minimum absolute atomic E-state index is 0.0434. The lowest BCUT2D eigenvalue weighted by molar-refractivity contribution is 0.150. The fourth-order valence-corrected chi connectivity index (χ4v) is 1.41. The first-order chi connectivity index (χ1) is 5.54. The van der Waals surface area contributed by atoms with Gasteiger partial charge in [-0.15, -0.1) is 0 Å². The zero-order chi connectivity index (χ0) is 9.30. The summed E-state index contributed by atoms with van der Waals surface area (Å²) in [6, 6.07) is 0. The lowest BCUT2D eigenvalue weighted by atomic mass is 10.2. The van der Waals surface area contributed by atoms with Crippen LogP contribution >= 0.6 is 15.9 Å². The first kappa shape index (κ1) is 9.58. The molecule has 0 unspecified atom stereocenters. The van der Waals surface area contributed by atoms with Gasteiger partial charge in [0.2, 0.25) is 0 Å². The Kier molecular flexibility index (Phi) is 2.77. The molecular formula is C8H8BrF2N. The lowest BCUT2D eigenvalue weighted by Gasteiger charge is -2.07. The second-order valence-electron chi connectivity index (χ2n) is 2.54. The van der Waals surface area contributed by atoms with E-state index in [9.17, 15) is 8.78 Å². The molecule has 0 spiro atoms. The number of rotatable bonds is 1. The Labute approximate surface area is 77.9 Å². The lowest BCUT2D eigenvalue weighted by Crippen LogP contribution is -1.94. The van der Waals surface area contributed by atoms with Gasteiger partial charge in [0.1, 0.15) is 0 Å². The molecule has 1 rings (SSSR count). The van der Waals surface area contributed by atoms with E-state index in [0.29, 0.717) is 4.47 Å². The number of halogens is 3. The smallest absolute Gasteiger partial charge is 0.261 e. The SMILES string of the molecule is Cc1ncc(C(F)F)c(Br)c1C. The molecule has 0 fully saturated rings. The van der Waals surface area contributed by atoms with Crippen LogP contribution in [0.1, 0.15) is 23.2 Å². The standard InChI is InChI=1S/C8H8BrF2N/c1-4-5(2)12-3-6(7(4)9)8(10)11/h3,8H,1-2H3. The topological polar surface area (TPSA) is 12.9 Å². The first-order valence-electron chi connectivity index (χ1n) is 3.43. The van der Waals surface area contributed by atoms with E-state index in [1.807, 2.05) is 0 Å². The molecule has 0 radical (unpaired) electrons. The van der Waals surface area contributed by atoms with Gasteiger partial charge in [-0.1, -0.05) is 0 Å². The van der Waals surface area contributed by atoms with Gasteiger partial charge in [-0.2, -0.15) is 0 Å². The molecule has 0 aromatic carbocycles. The number of aryl methyl sites for hydroxylation is 1. The molecular weight excluding hydrogens is 228 g/mol. The van der Waals surface area contributed by atoms with Crippen LogP contribution in [-0.2, 0) is 0 Å². The number of pyridine rings is 1. The van der Waals surface area contributed by atoms with Crippen molar-refractivity contribution in [3.05, 3.63) is 27.5 Å². The molecule has 0 atom stereocenters. The molecule has 1 heterocycles. The van der Waals surface area contributed by atoms with Crippen LogP contribution in [0.5, 0.6) is 0 Å². The highest BCUT2D eigenvalue weighted by Crippen LogP contribution is 2.29. The quantitative estimate of drug-likeness (QED) is 0.728. The van der Waals surface area contributed by atoms with Gasteiger partial charge >= 0.3 is 0 Å². The number of alkyl halides is 2. The van der Waals surface area contributed by atoms with Crippen LogP contribution in [0.3, 0.4) is 0 Å². The van der Waals surface area contributed by atoms with E-state index in [1.165, 1.54) is 6.20 Å². The van der Waals surface area contributed by atoms with Crippen molar-refractivity contribution in [2.75, 3.05) is 0 Å². The molecule has 0 aliphatic carbocycles. The number of aromatic nitrogens is 1. The summed E-state index contributed by atoms with van der Waals surface area (Å²) in [7, 11) is 0. The van der Waals surface area contributed by atoms with Crippen molar-refractivity contribution in [1.82, 2.24) is 4.98 Å². The summed E-state index contributed by atoms with van der Waals surface area (Å²) in [6.45, 7) is 3.55. The van der Waals surface area contributed by atoms with Crippen LogP contribution in [0.25, 0.3) is 0 Å². The summed E-state index contributed by atoms with van der Waals surface area (Å²) in [5.41, 5.74) is 1.50. The molecule has 1 aromatic rings. The summed E-state index contributed by atoms with van der Waals surface area (Å²) < 4.78 is 25.0. The van der Waals surface area contributed by atoms with Gasteiger partial charge < -0.3 is 0 Å². The summed E-state index contributed by atoms with van der Waals surface area (Å²) in [5.74, 6) is 0. The summed E-state index contributed by atoms with van der Waals surface area (Å²) >= 11 is 3.11. The van der Waals surface area contributed by atoms with Crippen molar-refractivity contribution >= 4 is 15.9 Å². The van der Waals surface area contributed by atoms with E-state index in [-0.39, 0.29) is 5.56 Å². The van der Waals surface area contributed by atoms with Gasteiger partial charge in [-0.25, -0.2) is 8.78 Å². The van der Waals surface area contributed by atoms with E-state index in [2.05, 4.69) is 20.9 Å². The highest BCUT2D eigenvalue weighted by atomic mass is 79.9. The van der Waals surface area contributed by atoms with E-state index < -0.39 is 6.43 Å². The zero-order valence-corrected chi connectivity index (χ0v) is 8.32. The molecule has 0 bridgehead atoms. The van der Waals surface area contributed by atoms with Crippen molar-refractivity contribution in [2.24, 2.45) is 0 Å². The second kappa shape index (κ2) is 3.47. The fourth-order valence-electron chi connectivity index (χ4n) is 0.847. The molecule has 1 aromatic heterocycles. The average Bonchev–Trinajstić information content (AvgIpc) is 2.00. The predicted molar refractivity (Wildman–Crippen MR) is 46.4 cm³/mol. The monoisotopic (exact) mass is 235 g/mol. The Bertz CT molecular complexity index is 299. The highest BCUT2D eigenvalue weighted by molar-refractivity contribution is 9.10. The van der Waals surface area contributed by atoms with Gasteiger partial charge in [0.25, 0.3) is 6.43 Å². The van der Waals surface area contributed by atoms with Gasteiger partial charge in [-0.05, 0) is 35.3 Å². The van der Waals surface area contributed by atoms with Gasteiger partial charge in [0.05, 0.1) is 5.56 Å². The average molecular weight is 236 g/mol. The van der Waals surface area contributed by atoms with Gasteiger partial charge in [0.15, 0.2) is 0 Å². The largest absolute Gasteiger partial charge is 0.266 e. The summed E-state index contributed by atoms with van der Waals surface area (Å²) in [6.07, 6.45) is -1.26. The van der Waals surface area contributed by atoms with Crippen LogP contribution in [0.2, 0.25) is 0 Å². The third-order valence-corrected chi connectivity index (χ3v) is 2.81. The normalized spacial score (nSPS) is 10.8. The predicted octanol–water partition coefficient (Wildman–Crippen LogP) is 3.40. The fraction of sp³-hybridized carbons (Fsp3) is 0.375. The van der Waals surface area contributed by atoms with E-state index >= 15 is 0 Å². The highest BCUT2D eigenvalue weighted by Gasteiger charge is 2.14. The third-order valence-electron chi connectivity index (χ3n) is 1.76. The molecule has 1 nitrogen and oxygen atoms in total. The minimum atomic E-state index is -2.47. The van der Waals surface area contributed by atoms with Crippen LogP contribution in [0.15, 0.2) is 10.7 Å². The van der Waals surface area contributed by atoms with Crippen molar-refractivity contribution in [3.63, 3.8) is 0 Å². The second-order valence-corrected chi connectivity index (χ2v) is 3.33. The number of hydrogen-bond acceptors (Lipinski definition) is 1. The van der Waals surface area contributed by atoms with Crippen LogP contribution in [-0.4, -0.2) is 4.98 Å². The molecule has 4 heteroatoms. The first-order valence-corrected chi connectivity index (χ1v) is 4.23. The van der Waals surface area contributed by atoms with Crippen LogP contribution in [0, 0.1) is 13.8 Å². The maximum atomic E-state index is 12.3. The van der Waals surface area contributed by atoms with Crippen molar-refractivity contribution in [1.29, 1.82) is 0 Å². The molecule has 0 aliphatic heterocycles. The van der Waals surface area contributed by atoms with Crippen molar-refractivity contribution in [2.45, 2.75) is 20.3 Å². The number of nitrogens with zero attached hydrogens (tertiary/aromatic N) is 1. The molecule has 0 amide bonds. The molecule has 0 N–H and O–H groups in total. The minimum Gasteiger partial charge on any atom is -0.261 e. The third kappa shape index (κ3) is 1.63. The Balaban J connectivity index is 3.27. The zero-order valence-electron chi connectivity index (χ0n) is 6.74. The van der Waals surface area contributed by atoms with E-state index in [4.69, 9.17) is 0 Å². The Morgan fingerprint density at radius 1 is 1.42 bits per heavy atom. The van der Waals surface area contributed by atoms with E-state index in [1.54, 1.807) is 13.8 Å². The van der Waals surface area contributed by atoms with Gasteiger partial charge in [0, 0.05) is 16.4 Å². The Morgan fingerprint density at radius 3 is 2.50 bits per heavy atom. The molecule has 0 saturated heterocycles. The molecule has 0 aliphatic rings. The molecule has 0 saturated carbocycles. The Morgan fingerprint density at radius 2 is 2.00 bits per heavy atom. The van der Waals surface area contributed by atoms with Crippen molar-refractivity contribution in [3.8, 4) is 0 Å². The summed E-state index contributed by atoms with van der Waals surface area (Å²) in [4.78, 5) is 3.85. The Hall–Kier alpha value is -0.510. The van der Waals surface area contributed by atoms with Crippen LogP contribution < -0.4 is 0 Å². The molecule has 12 heavy (non-hydrogen) atoms. The van der Waals surface area contributed by atoms with Crippen LogP contribution in [0.4, 0.5) is 8.78 Å². The summed E-state index contributed by atoms with van der Waals surface area (Å²) in [5, 5.41) is 0. The maximum absolute atomic E-state index is 12.3. The number of hydrogen-bond donors (Lipinski definition) is 0. The van der Waals surface area contributed by atoms with Gasteiger partial charge in [-0.3, -0.25) is 4.98 Å². The maximum Gasteiger partial charge on any atom is 0.266 e. The molecule has 66 valence electrons.